The van der Waals surface area contributed by atoms with E-state index in [4.69, 9.17) is 9.47 Å². The molecule has 3 N–H and O–H groups in total. The lowest BCUT2D eigenvalue weighted by Gasteiger charge is -2.37. The van der Waals surface area contributed by atoms with E-state index in [-0.39, 0.29) is 41.9 Å². The molecule has 0 saturated carbocycles. The minimum absolute atomic E-state index is 0.0147. The Kier molecular flexibility index (Phi) is 10.9. The van der Waals surface area contributed by atoms with Gasteiger partial charge in [-0.1, -0.05) is 70.6 Å². The Hall–Kier alpha value is -3.88. The summed E-state index contributed by atoms with van der Waals surface area (Å²) >= 11 is 3.71. The summed E-state index contributed by atoms with van der Waals surface area (Å²) in [4.78, 5) is 29.9. The highest BCUT2D eigenvalue weighted by Gasteiger charge is 2.66. The van der Waals surface area contributed by atoms with Crippen LogP contribution in [0, 0.1) is 11.8 Å². The van der Waals surface area contributed by atoms with Crippen LogP contribution in [0.25, 0.3) is 0 Å². The Morgan fingerprint density at radius 2 is 1.92 bits per heavy atom. The second kappa shape index (κ2) is 15.5. The number of amides is 2. The summed E-state index contributed by atoms with van der Waals surface area (Å²) in [6, 6.07) is 22.2. The zero-order valence-corrected chi connectivity index (χ0v) is 33.4. The van der Waals surface area contributed by atoms with Crippen molar-refractivity contribution >= 4 is 52.4 Å². The molecule has 0 bridgehead atoms. The first kappa shape index (κ1) is 37.4. The molecule has 4 heterocycles. The first-order valence-corrected chi connectivity index (χ1v) is 22.5. The number of rotatable bonds is 12. The maximum absolute atomic E-state index is 15.2. The second-order valence-electron chi connectivity index (χ2n) is 15.2. The molecular formula is C40H49BrN6O5Si. The minimum Gasteiger partial charge on any atom is -0.497 e. The molecule has 1 unspecified atom stereocenters. The van der Waals surface area contributed by atoms with Gasteiger partial charge in [-0.2, -0.15) is 0 Å². The highest BCUT2D eigenvalue weighted by atomic mass is 79.9. The number of hydrogen-bond donors (Lipinski definition) is 3. The lowest BCUT2D eigenvalue weighted by molar-refractivity contribution is -0.146. The van der Waals surface area contributed by atoms with Crippen molar-refractivity contribution in [2.45, 2.75) is 76.0 Å². The van der Waals surface area contributed by atoms with E-state index in [0.29, 0.717) is 32.5 Å². The monoisotopic (exact) mass is 800 g/mol. The number of piperidine rings is 1. The summed E-state index contributed by atoms with van der Waals surface area (Å²) in [5, 5.41) is 25.6. The Balaban J connectivity index is 1.19. The topological polar surface area (TPSA) is 131 Å². The van der Waals surface area contributed by atoms with Crippen LogP contribution in [0.15, 0.2) is 77.4 Å². The molecule has 0 aliphatic carbocycles. The lowest BCUT2D eigenvalue weighted by atomic mass is 9.82. The van der Waals surface area contributed by atoms with Crippen LogP contribution in [0.2, 0.25) is 18.6 Å². The van der Waals surface area contributed by atoms with Gasteiger partial charge in [-0.05, 0) is 79.4 Å². The van der Waals surface area contributed by atoms with Crippen LogP contribution in [0.4, 0.5) is 11.4 Å². The molecule has 4 aromatic rings. The van der Waals surface area contributed by atoms with Crippen molar-refractivity contribution in [1.82, 2.24) is 20.3 Å². The van der Waals surface area contributed by atoms with Gasteiger partial charge >= 0.3 is 0 Å². The Labute approximate surface area is 320 Å². The SMILES string of the molecule is COc1ccc([Si](C)(C)[C@@H]2[C@@H](CCn3cc(CCO)nn3)O[C@]3(C(=O)N(Cc4ccc(NC(=O)C5CCCNC5)cc4)c4ccc(Br)cc43)[C@H]2C)cc1. The molecule has 3 aliphatic heterocycles. The van der Waals surface area contributed by atoms with E-state index < -0.39 is 13.7 Å². The highest BCUT2D eigenvalue weighted by molar-refractivity contribution is 9.10. The molecular weight excluding hydrogens is 752 g/mol. The fraction of sp³-hybridized carbons (Fsp3) is 0.450. The average Bonchev–Trinajstić information content (AvgIpc) is 3.81. The van der Waals surface area contributed by atoms with E-state index in [1.807, 2.05) is 64.3 Å². The maximum Gasteiger partial charge on any atom is 0.264 e. The Bertz CT molecular complexity index is 1930. The maximum atomic E-state index is 15.2. The number of methoxy groups -OCH3 is 1. The summed E-state index contributed by atoms with van der Waals surface area (Å²) < 4.78 is 15.5. The number of aliphatic hydroxyl groups is 1. The number of aryl methyl sites for hydroxylation is 1. The molecule has 2 saturated heterocycles. The van der Waals surface area contributed by atoms with Crippen LogP contribution < -0.4 is 25.5 Å². The number of aromatic nitrogens is 3. The van der Waals surface area contributed by atoms with Crippen molar-refractivity contribution in [3.8, 4) is 5.75 Å². The van der Waals surface area contributed by atoms with Crippen LogP contribution >= 0.6 is 15.9 Å². The first-order chi connectivity index (χ1) is 25.5. The number of halogens is 1. The first-order valence-electron chi connectivity index (χ1n) is 18.6. The third-order valence-corrected chi connectivity index (χ3v) is 16.5. The van der Waals surface area contributed by atoms with Gasteiger partial charge in [0.15, 0.2) is 5.60 Å². The van der Waals surface area contributed by atoms with Gasteiger partial charge in [0.05, 0.1) is 45.1 Å². The van der Waals surface area contributed by atoms with Gasteiger partial charge in [-0.15, -0.1) is 5.10 Å². The summed E-state index contributed by atoms with van der Waals surface area (Å²) in [6.07, 6.45) is 4.62. The number of carbonyl (C=O) groups excluding carboxylic acids is 2. The standard InChI is InChI=1S/C40H49BrN6O5Si/c1-26-37(53(3,4)33-14-12-32(51-2)13-15-33)36(17-20-46-25-31(18-21-48)44-45-46)52-40(26)34-22-29(41)9-16-35(34)47(39(40)50)24-27-7-10-30(11-8-27)43-38(49)28-6-5-19-42-23-28/h7-16,22,25-26,28,36-37,42,48H,5-6,17-21,23-24H2,1-4H3,(H,43,49)/t26-,28?,36+,37-,40+/m0/s1. The number of nitrogens with zero attached hydrogens (tertiary/aromatic N) is 4. The molecule has 53 heavy (non-hydrogen) atoms. The molecule has 13 heteroatoms. The van der Waals surface area contributed by atoms with E-state index in [1.54, 1.807) is 7.11 Å². The van der Waals surface area contributed by atoms with Gasteiger partial charge in [-0.3, -0.25) is 14.3 Å². The predicted molar refractivity (Wildman–Crippen MR) is 211 cm³/mol. The third kappa shape index (κ3) is 7.21. The number of nitrogens with one attached hydrogen (secondary N) is 2. The van der Waals surface area contributed by atoms with Crippen molar-refractivity contribution in [2.75, 3.05) is 37.0 Å². The van der Waals surface area contributed by atoms with Gasteiger partial charge in [0, 0.05) is 54.0 Å². The van der Waals surface area contributed by atoms with Crippen LogP contribution in [-0.4, -0.2) is 72.9 Å². The number of anilines is 2. The van der Waals surface area contributed by atoms with E-state index in [0.717, 1.165) is 57.8 Å². The molecule has 5 atom stereocenters. The average molecular weight is 802 g/mol. The van der Waals surface area contributed by atoms with Gasteiger partial charge in [0.2, 0.25) is 5.91 Å². The molecule has 11 nitrogen and oxygen atoms in total. The van der Waals surface area contributed by atoms with Gasteiger partial charge in [0.25, 0.3) is 5.91 Å². The highest BCUT2D eigenvalue weighted by Crippen LogP contribution is 2.60. The number of hydrogen-bond acceptors (Lipinski definition) is 8. The molecule has 1 spiro atoms. The molecule has 3 aromatic carbocycles. The number of fused-ring (bicyclic) bond motifs is 2. The van der Waals surface area contributed by atoms with Crippen molar-refractivity contribution in [2.24, 2.45) is 11.8 Å². The fourth-order valence-corrected chi connectivity index (χ4v) is 13.3. The summed E-state index contributed by atoms with van der Waals surface area (Å²) in [5.74, 6) is 0.613. The third-order valence-electron chi connectivity index (χ3n) is 11.6. The van der Waals surface area contributed by atoms with E-state index in [9.17, 15) is 9.90 Å². The van der Waals surface area contributed by atoms with Gasteiger partial charge in [0.1, 0.15) is 5.75 Å². The largest absolute Gasteiger partial charge is 0.497 e. The molecule has 0 radical (unpaired) electrons. The molecule has 2 fully saturated rings. The van der Waals surface area contributed by atoms with Crippen molar-refractivity contribution in [3.63, 3.8) is 0 Å². The van der Waals surface area contributed by atoms with Crippen molar-refractivity contribution in [1.29, 1.82) is 0 Å². The number of aliphatic hydroxyl groups excluding tert-OH is 1. The predicted octanol–water partition coefficient (Wildman–Crippen LogP) is 5.38. The Morgan fingerprint density at radius 3 is 2.62 bits per heavy atom. The fourth-order valence-electron chi connectivity index (χ4n) is 8.85. The van der Waals surface area contributed by atoms with Crippen LogP contribution in [0.5, 0.6) is 5.75 Å². The van der Waals surface area contributed by atoms with Crippen LogP contribution in [-0.2, 0) is 39.4 Å². The summed E-state index contributed by atoms with van der Waals surface area (Å²) in [7, 11) is -0.644. The van der Waals surface area contributed by atoms with Gasteiger partial charge in [-0.25, -0.2) is 0 Å². The zero-order chi connectivity index (χ0) is 37.3. The Morgan fingerprint density at radius 1 is 1.15 bits per heavy atom. The smallest absolute Gasteiger partial charge is 0.264 e. The van der Waals surface area contributed by atoms with E-state index >= 15 is 4.79 Å². The lowest BCUT2D eigenvalue weighted by Crippen LogP contribution is -2.51. The number of benzene rings is 3. The second-order valence-corrected chi connectivity index (χ2v) is 20.8. The van der Waals surface area contributed by atoms with Crippen LogP contribution in [0.3, 0.4) is 0 Å². The minimum atomic E-state index is -2.32. The normalized spacial score (nSPS) is 24.1. The summed E-state index contributed by atoms with van der Waals surface area (Å²) in [6.45, 7) is 9.56. The van der Waals surface area contributed by atoms with E-state index in [2.05, 4.69) is 75.1 Å². The van der Waals surface area contributed by atoms with Crippen molar-refractivity contribution in [3.05, 3.63) is 94.2 Å². The van der Waals surface area contributed by atoms with Crippen molar-refractivity contribution < 1.29 is 24.2 Å². The van der Waals surface area contributed by atoms with E-state index in [1.165, 1.54) is 5.19 Å². The molecule has 7 rings (SSSR count). The molecule has 3 aliphatic rings. The number of ether oxygens (including phenoxy) is 2. The molecule has 280 valence electrons. The molecule has 1 aromatic heterocycles. The van der Waals surface area contributed by atoms with Gasteiger partial charge < -0.3 is 30.1 Å². The number of carbonyl (C=O) groups is 2. The zero-order valence-electron chi connectivity index (χ0n) is 30.8. The molecule has 2 amide bonds. The summed E-state index contributed by atoms with van der Waals surface area (Å²) in [5.41, 5.74) is 3.07. The van der Waals surface area contributed by atoms with Crippen LogP contribution in [0.1, 0.15) is 43.0 Å². The quantitative estimate of drug-likeness (QED) is 0.163.